The Balaban J connectivity index is 1.90. The van der Waals surface area contributed by atoms with Crippen molar-refractivity contribution < 1.29 is 19.2 Å². The molecule has 3 heterocycles. The average molecular weight is 335 g/mol. The maximum atomic E-state index is 12.0. The van der Waals surface area contributed by atoms with Crippen LogP contribution in [0.4, 0.5) is 5.82 Å². The summed E-state index contributed by atoms with van der Waals surface area (Å²) in [5.41, 5.74) is 1.13. The summed E-state index contributed by atoms with van der Waals surface area (Å²) in [6.45, 7) is 5.28. The second-order valence-electron chi connectivity index (χ2n) is 5.92. The minimum atomic E-state index is -0.682. The van der Waals surface area contributed by atoms with Gasteiger partial charge in [0, 0.05) is 33.3 Å². The molecule has 1 aliphatic heterocycles. The van der Waals surface area contributed by atoms with E-state index >= 15 is 0 Å². The zero-order valence-electron chi connectivity index (χ0n) is 14.0. The van der Waals surface area contributed by atoms with Crippen LogP contribution in [-0.2, 0) is 9.53 Å². The molecule has 0 spiro atoms. The summed E-state index contributed by atoms with van der Waals surface area (Å²) in [6, 6.07) is 0. The van der Waals surface area contributed by atoms with E-state index in [0.29, 0.717) is 42.7 Å². The second kappa shape index (κ2) is 6.70. The van der Waals surface area contributed by atoms with Crippen molar-refractivity contribution >= 4 is 22.8 Å². The molecule has 2 aromatic heterocycles. The quantitative estimate of drug-likeness (QED) is 0.828. The van der Waals surface area contributed by atoms with Crippen molar-refractivity contribution in [1.82, 2.24) is 20.0 Å². The molecular formula is C15H21N5O4. The zero-order valence-corrected chi connectivity index (χ0v) is 14.0. The van der Waals surface area contributed by atoms with E-state index in [1.54, 1.807) is 11.8 Å². The fourth-order valence-electron chi connectivity index (χ4n) is 2.93. The monoisotopic (exact) mass is 335 g/mol. The van der Waals surface area contributed by atoms with Gasteiger partial charge < -0.3 is 24.2 Å². The first-order chi connectivity index (χ1) is 11.5. The van der Waals surface area contributed by atoms with Gasteiger partial charge in [-0.25, -0.2) is 4.98 Å². The molecule has 0 aliphatic carbocycles. The van der Waals surface area contributed by atoms with Gasteiger partial charge in [0.25, 0.3) is 5.71 Å². The Hall–Kier alpha value is -2.26. The van der Waals surface area contributed by atoms with Crippen LogP contribution in [0, 0.1) is 13.8 Å². The van der Waals surface area contributed by atoms with Gasteiger partial charge in [-0.1, -0.05) is 5.16 Å². The van der Waals surface area contributed by atoms with Crippen molar-refractivity contribution in [2.45, 2.75) is 20.0 Å². The number of ether oxygens (including phenoxy) is 1. The van der Waals surface area contributed by atoms with Crippen LogP contribution in [0.2, 0.25) is 0 Å². The number of aromatic nitrogens is 3. The number of rotatable bonds is 3. The van der Waals surface area contributed by atoms with Crippen molar-refractivity contribution in [3.8, 4) is 0 Å². The first kappa shape index (κ1) is 16.6. The fourth-order valence-corrected chi connectivity index (χ4v) is 2.93. The maximum absolute atomic E-state index is 12.0. The van der Waals surface area contributed by atoms with E-state index in [4.69, 9.17) is 9.26 Å². The summed E-state index contributed by atoms with van der Waals surface area (Å²) < 4.78 is 10.1. The lowest BCUT2D eigenvalue weighted by Crippen LogP contribution is -2.39. The van der Waals surface area contributed by atoms with Crippen molar-refractivity contribution in [2.75, 3.05) is 44.8 Å². The molecule has 0 saturated carbocycles. The molecule has 0 unspecified atom stereocenters. The summed E-state index contributed by atoms with van der Waals surface area (Å²) >= 11 is 0. The Morgan fingerprint density at radius 2 is 2.12 bits per heavy atom. The Kier molecular flexibility index (Phi) is 4.63. The van der Waals surface area contributed by atoms with E-state index in [-0.39, 0.29) is 19.1 Å². The molecule has 1 atom stereocenters. The highest BCUT2D eigenvalue weighted by Gasteiger charge is 2.27. The number of nitrogens with zero attached hydrogens (tertiary/aromatic N) is 5. The van der Waals surface area contributed by atoms with Gasteiger partial charge >= 0.3 is 0 Å². The van der Waals surface area contributed by atoms with Crippen LogP contribution < -0.4 is 4.90 Å². The highest BCUT2D eigenvalue weighted by molar-refractivity contribution is 5.88. The van der Waals surface area contributed by atoms with Crippen LogP contribution in [-0.4, -0.2) is 77.0 Å². The number of amides is 1. The van der Waals surface area contributed by atoms with Gasteiger partial charge in [0.05, 0.1) is 11.8 Å². The molecule has 9 nitrogen and oxygen atoms in total. The highest BCUT2D eigenvalue weighted by Crippen LogP contribution is 2.27. The van der Waals surface area contributed by atoms with Crippen LogP contribution >= 0.6 is 0 Å². The van der Waals surface area contributed by atoms with Crippen LogP contribution in [0.25, 0.3) is 11.1 Å². The van der Waals surface area contributed by atoms with Gasteiger partial charge in [0.15, 0.2) is 0 Å². The number of carbonyl (C=O) groups excluding carboxylic acids is 1. The largest absolute Gasteiger partial charge is 0.389 e. The number of carbonyl (C=O) groups is 1. The van der Waals surface area contributed by atoms with Gasteiger partial charge in [0.2, 0.25) is 5.91 Å². The number of fused-ring (bicyclic) bond motifs is 1. The fraction of sp³-hybridized carbons (Fsp3) is 0.600. The summed E-state index contributed by atoms with van der Waals surface area (Å²) in [5, 5.41) is 15.0. The predicted molar refractivity (Wildman–Crippen MR) is 85.7 cm³/mol. The number of aryl methyl sites for hydroxylation is 2. The third-order valence-corrected chi connectivity index (χ3v) is 4.02. The molecule has 9 heteroatoms. The molecule has 1 amide bonds. The van der Waals surface area contributed by atoms with Crippen molar-refractivity contribution in [3.63, 3.8) is 0 Å². The molecule has 1 saturated heterocycles. The van der Waals surface area contributed by atoms with E-state index in [1.807, 2.05) is 11.8 Å². The lowest BCUT2D eigenvalue weighted by atomic mass is 10.2. The standard InChI is InChI=1S/C15H21N5O4/c1-9-13-14(16-10(2)17-15(13)24-18-9)20-5-4-19(6-11(21)7-20)12(22)8-23-3/h11,21H,4-8H2,1-3H3/t11-/m0/s1. The van der Waals surface area contributed by atoms with E-state index in [0.717, 1.165) is 5.39 Å². The Morgan fingerprint density at radius 1 is 1.33 bits per heavy atom. The van der Waals surface area contributed by atoms with Crippen molar-refractivity contribution in [3.05, 3.63) is 11.5 Å². The summed E-state index contributed by atoms with van der Waals surface area (Å²) in [5.74, 6) is 1.11. The molecule has 1 aliphatic rings. The van der Waals surface area contributed by atoms with E-state index < -0.39 is 6.10 Å². The molecule has 0 radical (unpaired) electrons. The minimum absolute atomic E-state index is 0.00827. The van der Waals surface area contributed by atoms with E-state index in [1.165, 1.54) is 7.11 Å². The third kappa shape index (κ3) is 3.17. The lowest BCUT2D eigenvalue weighted by Gasteiger charge is -2.23. The van der Waals surface area contributed by atoms with Crippen LogP contribution in [0.5, 0.6) is 0 Å². The number of β-amino-alcohol motifs (C(OH)–C–C–N with tert-alkyl or cyclic N) is 1. The average Bonchev–Trinajstić information content (AvgIpc) is 2.78. The molecule has 1 fully saturated rings. The minimum Gasteiger partial charge on any atom is -0.389 e. The Morgan fingerprint density at radius 3 is 2.88 bits per heavy atom. The number of hydrogen-bond acceptors (Lipinski definition) is 8. The van der Waals surface area contributed by atoms with Crippen LogP contribution in [0.15, 0.2) is 4.52 Å². The number of aliphatic hydroxyl groups excluding tert-OH is 1. The first-order valence-corrected chi connectivity index (χ1v) is 7.80. The van der Waals surface area contributed by atoms with E-state index in [2.05, 4.69) is 15.1 Å². The van der Waals surface area contributed by atoms with Gasteiger partial charge in [-0.05, 0) is 13.8 Å². The smallest absolute Gasteiger partial charge is 0.263 e. The van der Waals surface area contributed by atoms with Gasteiger partial charge in [0.1, 0.15) is 23.6 Å². The maximum Gasteiger partial charge on any atom is 0.263 e. The molecule has 24 heavy (non-hydrogen) atoms. The summed E-state index contributed by atoms with van der Waals surface area (Å²) in [7, 11) is 1.48. The van der Waals surface area contributed by atoms with Gasteiger partial charge in [-0.15, -0.1) is 0 Å². The summed E-state index contributed by atoms with van der Waals surface area (Å²) in [4.78, 5) is 24.4. The Bertz CT molecular complexity index is 747. The first-order valence-electron chi connectivity index (χ1n) is 7.80. The SMILES string of the molecule is COCC(=O)N1CCN(c2nc(C)nc3onc(C)c23)C[C@@H](O)C1. The molecule has 0 bridgehead atoms. The van der Waals surface area contributed by atoms with Crippen molar-refractivity contribution in [1.29, 1.82) is 0 Å². The zero-order chi connectivity index (χ0) is 17.3. The number of methoxy groups -OCH3 is 1. The normalized spacial score (nSPS) is 18.9. The second-order valence-corrected chi connectivity index (χ2v) is 5.92. The molecule has 0 aromatic carbocycles. The molecule has 3 rings (SSSR count). The Labute approximate surface area is 139 Å². The summed E-state index contributed by atoms with van der Waals surface area (Å²) in [6.07, 6.45) is -0.682. The van der Waals surface area contributed by atoms with Crippen LogP contribution in [0.1, 0.15) is 11.5 Å². The van der Waals surface area contributed by atoms with Crippen molar-refractivity contribution in [2.24, 2.45) is 0 Å². The highest BCUT2D eigenvalue weighted by atomic mass is 16.5. The van der Waals surface area contributed by atoms with Gasteiger partial charge in [-0.2, -0.15) is 4.98 Å². The topological polar surface area (TPSA) is 105 Å². The molecule has 1 N–H and O–H groups in total. The van der Waals surface area contributed by atoms with Crippen LogP contribution in [0.3, 0.4) is 0 Å². The predicted octanol–water partition coefficient (Wildman–Crippen LogP) is -0.109. The molecule has 130 valence electrons. The van der Waals surface area contributed by atoms with Gasteiger partial charge in [-0.3, -0.25) is 4.79 Å². The number of hydrogen-bond donors (Lipinski definition) is 1. The molecule has 2 aromatic rings. The molecular weight excluding hydrogens is 314 g/mol. The number of anilines is 1. The lowest BCUT2D eigenvalue weighted by molar-refractivity contribution is -0.136. The third-order valence-electron chi connectivity index (χ3n) is 4.02. The van der Waals surface area contributed by atoms with E-state index in [9.17, 15) is 9.90 Å². The number of aliphatic hydroxyl groups is 1.